The number of benzene rings is 1. The molecule has 6 heteroatoms. The van der Waals surface area contributed by atoms with Gasteiger partial charge in [-0.3, -0.25) is 0 Å². The molecule has 2 heterocycles. The van der Waals surface area contributed by atoms with E-state index in [9.17, 15) is 4.39 Å². The van der Waals surface area contributed by atoms with E-state index < -0.39 is 0 Å². The average molecular weight is 325 g/mol. The van der Waals surface area contributed by atoms with Crippen molar-refractivity contribution in [2.75, 3.05) is 0 Å². The molecular formula is C12H6BrFN2OS. The molecule has 0 saturated heterocycles. The van der Waals surface area contributed by atoms with Crippen LogP contribution in [-0.2, 0) is 0 Å². The predicted molar refractivity (Wildman–Crippen MR) is 70.7 cm³/mol. The van der Waals surface area contributed by atoms with E-state index in [1.807, 2.05) is 17.5 Å². The van der Waals surface area contributed by atoms with Crippen LogP contribution < -0.4 is 0 Å². The second-order valence-corrected chi connectivity index (χ2v) is 5.39. The van der Waals surface area contributed by atoms with Crippen LogP contribution in [0.25, 0.3) is 22.2 Å². The maximum Gasteiger partial charge on any atom is 0.268 e. The molecule has 0 unspecified atom stereocenters. The zero-order valence-electron chi connectivity index (χ0n) is 8.93. The highest BCUT2D eigenvalue weighted by atomic mass is 79.9. The van der Waals surface area contributed by atoms with E-state index in [-0.39, 0.29) is 11.6 Å². The summed E-state index contributed by atoms with van der Waals surface area (Å²) in [5.41, 5.74) is 0.324. The molecule has 3 nitrogen and oxygen atoms in total. The van der Waals surface area contributed by atoms with Crippen LogP contribution in [0.1, 0.15) is 0 Å². The summed E-state index contributed by atoms with van der Waals surface area (Å²) in [7, 11) is 0. The highest BCUT2D eigenvalue weighted by Gasteiger charge is 2.14. The van der Waals surface area contributed by atoms with Gasteiger partial charge < -0.3 is 4.52 Å². The first-order valence-corrected chi connectivity index (χ1v) is 6.74. The van der Waals surface area contributed by atoms with Gasteiger partial charge in [-0.1, -0.05) is 27.2 Å². The van der Waals surface area contributed by atoms with Crippen molar-refractivity contribution in [1.29, 1.82) is 0 Å². The molecule has 90 valence electrons. The molecule has 0 N–H and O–H groups in total. The quantitative estimate of drug-likeness (QED) is 0.702. The van der Waals surface area contributed by atoms with Crippen LogP contribution in [0.4, 0.5) is 4.39 Å². The molecule has 0 bridgehead atoms. The number of thiophene rings is 1. The van der Waals surface area contributed by atoms with Crippen molar-refractivity contribution in [2.45, 2.75) is 0 Å². The molecule has 0 aliphatic rings. The third-order valence-corrected chi connectivity index (χ3v) is 3.68. The van der Waals surface area contributed by atoms with E-state index in [2.05, 4.69) is 26.1 Å². The lowest BCUT2D eigenvalue weighted by atomic mass is 10.2. The fourth-order valence-corrected chi connectivity index (χ4v) is 2.48. The molecule has 0 spiro atoms. The van der Waals surface area contributed by atoms with Crippen molar-refractivity contribution >= 4 is 27.3 Å². The summed E-state index contributed by atoms with van der Waals surface area (Å²) in [5, 5.41) is 5.71. The Labute approximate surface area is 114 Å². The molecule has 3 rings (SSSR count). The summed E-state index contributed by atoms with van der Waals surface area (Å²) in [5.74, 6) is 0.272. The molecule has 0 atom stereocenters. The van der Waals surface area contributed by atoms with Crippen LogP contribution in [0.5, 0.6) is 0 Å². The van der Waals surface area contributed by atoms with Gasteiger partial charge in [-0.05, 0) is 29.6 Å². The molecular weight excluding hydrogens is 319 g/mol. The largest absolute Gasteiger partial charge is 0.333 e. The molecule has 1 aromatic carbocycles. The fourth-order valence-electron chi connectivity index (χ4n) is 1.50. The number of nitrogens with zero attached hydrogens (tertiary/aromatic N) is 2. The molecule has 3 aromatic rings. The molecule has 0 fully saturated rings. The topological polar surface area (TPSA) is 38.9 Å². The molecule has 0 amide bonds. The van der Waals surface area contributed by atoms with Crippen LogP contribution >= 0.6 is 27.3 Å². The molecule has 0 aliphatic heterocycles. The third-order valence-electron chi connectivity index (χ3n) is 2.33. The summed E-state index contributed by atoms with van der Waals surface area (Å²) in [6.07, 6.45) is 0. The van der Waals surface area contributed by atoms with Crippen molar-refractivity contribution < 1.29 is 8.91 Å². The number of rotatable bonds is 2. The van der Waals surface area contributed by atoms with Gasteiger partial charge in [0.05, 0.1) is 10.4 Å². The Morgan fingerprint density at radius 3 is 2.89 bits per heavy atom. The predicted octanol–water partition coefficient (Wildman–Crippen LogP) is 4.37. The zero-order valence-corrected chi connectivity index (χ0v) is 11.3. The summed E-state index contributed by atoms with van der Waals surface area (Å²) < 4.78 is 19.5. The van der Waals surface area contributed by atoms with E-state index in [1.165, 1.54) is 17.4 Å². The van der Waals surface area contributed by atoms with Crippen LogP contribution in [-0.4, -0.2) is 10.1 Å². The van der Waals surface area contributed by atoms with Gasteiger partial charge >= 0.3 is 0 Å². The van der Waals surface area contributed by atoms with Crippen molar-refractivity contribution in [3.05, 3.63) is 46.0 Å². The van der Waals surface area contributed by atoms with Crippen LogP contribution in [0, 0.1) is 5.82 Å². The zero-order chi connectivity index (χ0) is 12.5. The Hall–Kier alpha value is -1.53. The number of aromatic nitrogens is 2. The second kappa shape index (κ2) is 4.62. The Morgan fingerprint density at radius 1 is 1.28 bits per heavy atom. The van der Waals surface area contributed by atoms with E-state index in [4.69, 9.17) is 4.52 Å². The Balaban J connectivity index is 2.03. The monoisotopic (exact) mass is 324 g/mol. The summed E-state index contributed by atoms with van der Waals surface area (Å²) in [4.78, 5) is 5.06. The van der Waals surface area contributed by atoms with Gasteiger partial charge in [-0.15, -0.1) is 11.3 Å². The van der Waals surface area contributed by atoms with Gasteiger partial charge in [0.25, 0.3) is 5.89 Å². The average Bonchev–Trinajstić information content (AvgIpc) is 2.99. The van der Waals surface area contributed by atoms with Crippen molar-refractivity contribution in [3.63, 3.8) is 0 Å². The maximum atomic E-state index is 13.7. The molecule has 18 heavy (non-hydrogen) atoms. The van der Waals surface area contributed by atoms with E-state index in [0.717, 1.165) is 4.88 Å². The molecule has 0 saturated carbocycles. The maximum absolute atomic E-state index is 13.7. The van der Waals surface area contributed by atoms with Gasteiger partial charge in [0.15, 0.2) is 0 Å². The first-order valence-electron chi connectivity index (χ1n) is 5.07. The van der Waals surface area contributed by atoms with Crippen molar-refractivity contribution in [2.24, 2.45) is 0 Å². The highest BCUT2D eigenvalue weighted by molar-refractivity contribution is 9.10. The summed E-state index contributed by atoms with van der Waals surface area (Å²) in [6.45, 7) is 0. The van der Waals surface area contributed by atoms with Crippen molar-refractivity contribution in [1.82, 2.24) is 10.1 Å². The first kappa shape index (κ1) is 11.6. The lowest BCUT2D eigenvalue weighted by Gasteiger charge is -1.97. The van der Waals surface area contributed by atoms with Crippen LogP contribution in [0.2, 0.25) is 0 Å². The van der Waals surface area contributed by atoms with Crippen LogP contribution in [0.15, 0.2) is 44.7 Å². The van der Waals surface area contributed by atoms with E-state index in [0.29, 0.717) is 15.9 Å². The standard InChI is InChI=1S/C12H6BrFN2OS/c13-7-3-4-8(9(14)6-7)11-15-12(17-16-11)10-2-1-5-18-10/h1-6H. The lowest BCUT2D eigenvalue weighted by molar-refractivity contribution is 0.433. The van der Waals surface area contributed by atoms with Gasteiger partial charge in [0.2, 0.25) is 5.82 Å². The normalized spacial score (nSPS) is 10.8. The minimum atomic E-state index is -0.386. The molecule has 0 aliphatic carbocycles. The summed E-state index contributed by atoms with van der Waals surface area (Å²) in [6, 6.07) is 8.49. The lowest BCUT2D eigenvalue weighted by Crippen LogP contribution is -1.86. The van der Waals surface area contributed by atoms with E-state index in [1.54, 1.807) is 12.1 Å². The molecule has 2 aromatic heterocycles. The minimum absolute atomic E-state index is 0.253. The number of halogens is 2. The van der Waals surface area contributed by atoms with E-state index >= 15 is 0 Å². The van der Waals surface area contributed by atoms with Gasteiger partial charge in [0, 0.05) is 4.47 Å². The van der Waals surface area contributed by atoms with Crippen LogP contribution in [0.3, 0.4) is 0 Å². The fraction of sp³-hybridized carbons (Fsp3) is 0. The van der Waals surface area contributed by atoms with Gasteiger partial charge in [0.1, 0.15) is 5.82 Å². The number of hydrogen-bond acceptors (Lipinski definition) is 4. The first-order chi connectivity index (χ1) is 8.74. The van der Waals surface area contributed by atoms with Gasteiger partial charge in [-0.25, -0.2) is 4.39 Å². The Morgan fingerprint density at radius 2 is 2.17 bits per heavy atom. The minimum Gasteiger partial charge on any atom is -0.333 e. The SMILES string of the molecule is Fc1cc(Br)ccc1-c1noc(-c2cccs2)n1. The molecule has 0 radical (unpaired) electrons. The second-order valence-electron chi connectivity index (χ2n) is 3.52. The van der Waals surface area contributed by atoms with Gasteiger partial charge in [-0.2, -0.15) is 4.98 Å². The Kier molecular flexibility index (Phi) is 2.97. The van der Waals surface area contributed by atoms with Crippen molar-refractivity contribution in [3.8, 4) is 22.2 Å². The summed E-state index contributed by atoms with van der Waals surface area (Å²) >= 11 is 4.70. The number of hydrogen-bond donors (Lipinski definition) is 0. The third kappa shape index (κ3) is 2.09. The smallest absolute Gasteiger partial charge is 0.268 e. The Bertz CT molecular complexity index is 681. The highest BCUT2D eigenvalue weighted by Crippen LogP contribution is 2.27.